The number of hydrogen-bond acceptors (Lipinski definition) is 3. The number of nitrogens with zero attached hydrogens (tertiary/aromatic N) is 1. The first-order valence-corrected chi connectivity index (χ1v) is 9.04. The van der Waals surface area contributed by atoms with Gasteiger partial charge in [0.25, 0.3) is 0 Å². The van der Waals surface area contributed by atoms with E-state index < -0.39 is 11.9 Å². The third kappa shape index (κ3) is 6.03. The molecule has 140 valence electrons. The number of aromatic nitrogens is 1. The molecule has 0 amide bonds. The number of benzene rings is 2. The van der Waals surface area contributed by atoms with Crippen molar-refractivity contribution in [1.82, 2.24) is 4.98 Å². The number of hydrogen-bond donors (Lipinski definition) is 1. The molecule has 0 fully saturated rings. The van der Waals surface area contributed by atoms with E-state index in [2.05, 4.69) is 43.1 Å². The largest absolute Gasteiger partial charge is 0.481 e. The fraction of sp³-hybridized carbons (Fsp3) is 0.261. The minimum atomic E-state index is -1.09. The van der Waals surface area contributed by atoms with Crippen LogP contribution in [0.2, 0.25) is 0 Å². The Morgan fingerprint density at radius 3 is 2.30 bits per heavy atom. The number of pyridine rings is 1. The molecular formula is C23H25NO3. The third-order valence-electron chi connectivity index (χ3n) is 4.13. The maximum absolute atomic E-state index is 11.4. The van der Waals surface area contributed by atoms with Crippen LogP contribution in [0.5, 0.6) is 0 Å². The molecule has 0 saturated carbocycles. The maximum Gasteiger partial charge on any atom is 0.314 e. The molecule has 1 heterocycles. The zero-order valence-electron chi connectivity index (χ0n) is 15.9. The van der Waals surface area contributed by atoms with Gasteiger partial charge in [-0.15, -0.1) is 0 Å². The number of carbonyl (C=O) groups is 2. The second-order valence-electron chi connectivity index (χ2n) is 6.92. The Hall–Kier alpha value is -3.01. The highest BCUT2D eigenvalue weighted by atomic mass is 16.4. The van der Waals surface area contributed by atoms with Gasteiger partial charge in [0, 0.05) is 17.1 Å². The standard InChI is InChI=1S/C13H15N.C10H10O3/c1-10(2)8-11-5-6-13-12(9-11)4-3-7-14-13;1-7(10(12)13)9(11)8-5-3-2-4-6-8/h3-7,9-10H,8H2,1-2H3;2-7H,1H3,(H,12,13). The van der Waals surface area contributed by atoms with E-state index in [9.17, 15) is 9.59 Å². The molecule has 4 heteroatoms. The van der Waals surface area contributed by atoms with Gasteiger partial charge in [0.2, 0.25) is 0 Å². The summed E-state index contributed by atoms with van der Waals surface area (Å²) in [4.78, 5) is 26.2. The summed E-state index contributed by atoms with van der Waals surface area (Å²) >= 11 is 0. The van der Waals surface area contributed by atoms with Crippen molar-refractivity contribution in [3.05, 3.63) is 78.0 Å². The predicted octanol–water partition coefficient (Wildman–Crippen LogP) is 5.02. The van der Waals surface area contributed by atoms with E-state index in [4.69, 9.17) is 5.11 Å². The smallest absolute Gasteiger partial charge is 0.314 e. The number of carboxylic acid groups (broad SMARTS) is 1. The molecule has 0 radical (unpaired) electrons. The van der Waals surface area contributed by atoms with E-state index >= 15 is 0 Å². The lowest BCUT2D eigenvalue weighted by atomic mass is 10.00. The van der Waals surface area contributed by atoms with Gasteiger partial charge in [0.15, 0.2) is 5.78 Å². The van der Waals surface area contributed by atoms with Gasteiger partial charge < -0.3 is 5.11 Å². The highest BCUT2D eigenvalue weighted by Crippen LogP contribution is 2.15. The van der Waals surface area contributed by atoms with E-state index in [1.807, 2.05) is 12.3 Å². The number of fused-ring (bicyclic) bond motifs is 1. The maximum atomic E-state index is 11.4. The normalized spacial score (nSPS) is 11.6. The Morgan fingerprint density at radius 2 is 1.67 bits per heavy atom. The summed E-state index contributed by atoms with van der Waals surface area (Å²) in [6.45, 7) is 5.87. The summed E-state index contributed by atoms with van der Waals surface area (Å²) in [5.74, 6) is -1.70. The van der Waals surface area contributed by atoms with Crippen LogP contribution in [0, 0.1) is 11.8 Å². The van der Waals surface area contributed by atoms with E-state index in [0.29, 0.717) is 11.5 Å². The van der Waals surface area contributed by atoms with Gasteiger partial charge in [-0.1, -0.05) is 56.3 Å². The summed E-state index contributed by atoms with van der Waals surface area (Å²) in [5, 5.41) is 9.83. The van der Waals surface area contributed by atoms with Crippen LogP contribution < -0.4 is 0 Å². The molecule has 0 aliphatic carbocycles. The zero-order chi connectivity index (χ0) is 19.8. The van der Waals surface area contributed by atoms with Crippen molar-refractivity contribution in [1.29, 1.82) is 0 Å². The third-order valence-corrected chi connectivity index (χ3v) is 4.13. The molecule has 1 atom stereocenters. The van der Waals surface area contributed by atoms with Crippen molar-refractivity contribution in [2.75, 3.05) is 0 Å². The van der Waals surface area contributed by atoms with E-state index in [1.165, 1.54) is 17.9 Å². The number of ketones is 1. The van der Waals surface area contributed by atoms with Gasteiger partial charge >= 0.3 is 5.97 Å². The summed E-state index contributed by atoms with van der Waals surface area (Å²) in [6, 6.07) is 19.0. The molecule has 0 bridgehead atoms. The molecule has 2 aromatic carbocycles. The van der Waals surface area contributed by atoms with Gasteiger partial charge in [-0.05, 0) is 43.0 Å². The minimum Gasteiger partial charge on any atom is -0.481 e. The lowest BCUT2D eigenvalue weighted by molar-refractivity contribution is -0.139. The van der Waals surface area contributed by atoms with Crippen LogP contribution in [-0.2, 0) is 11.2 Å². The number of Topliss-reactive ketones (excluding diaryl/α,β-unsaturated/α-hetero) is 1. The van der Waals surface area contributed by atoms with Crippen LogP contribution >= 0.6 is 0 Å². The number of aliphatic carboxylic acids is 1. The number of rotatable bonds is 5. The molecule has 1 N–H and O–H groups in total. The van der Waals surface area contributed by atoms with Gasteiger partial charge in [-0.25, -0.2) is 0 Å². The van der Waals surface area contributed by atoms with Gasteiger partial charge in [0.1, 0.15) is 5.92 Å². The van der Waals surface area contributed by atoms with Crippen molar-refractivity contribution < 1.29 is 14.7 Å². The minimum absolute atomic E-state index is 0.354. The van der Waals surface area contributed by atoms with Crippen molar-refractivity contribution in [2.45, 2.75) is 27.2 Å². The Labute approximate surface area is 159 Å². The zero-order valence-corrected chi connectivity index (χ0v) is 15.9. The Morgan fingerprint density at radius 1 is 0.963 bits per heavy atom. The fourth-order valence-corrected chi connectivity index (χ4v) is 2.69. The van der Waals surface area contributed by atoms with E-state index in [0.717, 1.165) is 11.9 Å². The van der Waals surface area contributed by atoms with Crippen molar-refractivity contribution in [2.24, 2.45) is 11.8 Å². The first kappa shape index (κ1) is 20.3. The molecule has 0 saturated heterocycles. The average molecular weight is 363 g/mol. The van der Waals surface area contributed by atoms with Crippen LogP contribution in [0.1, 0.15) is 36.7 Å². The Kier molecular flexibility index (Phi) is 7.24. The highest BCUT2D eigenvalue weighted by molar-refractivity contribution is 6.07. The fourth-order valence-electron chi connectivity index (χ4n) is 2.69. The van der Waals surface area contributed by atoms with Crippen LogP contribution in [-0.4, -0.2) is 21.8 Å². The van der Waals surface area contributed by atoms with Crippen molar-refractivity contribution >= 4 is 22.7 Å². The first-order chi connectivity index (χ1) is 12.9. The van der Waals surface area contributed by atoms with Crippen LogP contribution in [0.25, 0.3) is 10.9 Å². The van der Waals surface area contributed by atoms with Crippen molar-refractivity contribution in [3.8, 4) is 0 Å². The molecule has 4 nitrogen and oxygen atoms in total. The number of carbonyl (C=O) groups excluding carboxylic acids is 1. The molecule has 0 aliphatic rings. The monoisotopic (exact) mass is 363 g/mol. The topological polar surface area (TPSA) is 67.3 Å². The van der Waals surface area contributed by atoms with Crippen LogP contribution in [0.15, 0.2) is 66.9 Å². The summed E-state index contributed by atoms with van der Waals surface area (Å²) in [6.07, 6.45) is 2.98. The molecule has 1 aromatic heterocycles. The summed E-state index contributed by atoms with van der Waals surface area (Å²) in [7, 11) is 0. The molecule has 27 heavy (non-hydrogen) atoms. The lowest BCUT2D eigenvalue weighted by Gasteiger charge is -2.05. The molecule has 0 spiro atoms. The Bertz CT molecular complexity index is 904. The van der Waals surface area contributed by atoms with E-state index in [1.54, 1.807) is 30.3 Å². The summed E-state index contributed by atoms with van der Waals surface area (Å²) in [5.41, 5.74) is 2.93. The second-order valence-corrected chi connectivity index (χ2v) is 6.92. The summed E-state index contributed by atoms with van der Waals surface area (Å²) < 4.78 is 0. The Balaban J connectivity index is 0.000000194. The van der Waals surface area contributed by atoms with Gasteiger partial charge in [-0.3, -0.25) is 14.6 Å². The number of carboxylic acids is 1. The quantitative estimate of drug-likeness (QED) is 0.510. The molecule has 3 rings (SSSR count). The van der Waals surface area contributed by atoms with Crippen molar-refractivity contribution in [3.63, 3.8) is 0 Å². The molecular weight excluding hydrogens is 338 g/mol. The highest BCUT2D eigenvalue weighted by Gasteiger charge is 2.21. The van der Waals surface area contributed by atoms with E-state index in [-0.39, 0.29) is 5.78 Å². The van der Waals surface area contributed by atoms with Crippen LogP contribution in [0.4, 0.5) is 0 Å². The molecule has 3 aromatic rings. The average Bonchev–Trinajstić information content (AvgIpc) is 2.67. The predicted molar refractivity (Wildman–Crippen MR) is 108 cm³/mol. The molecule has 0 aliphatic heterocycles. The molecule has 1 unspecified atom stereocenters. The van der Waals surface area contributed by atoms with Gasteiger partial charge in [0.05, 0.1) is 5.52 Å². The first-order valence-electron chi connectivity index (χ1n) is 9.04. The second kappa shape index (κ2) is 9.62. The lowest BCUT2D eigenvalue weighted by Crippen LogP contribution is -2.20. The SMILES string of the molecule is CC(C(=O)O)C(=O)c1ccccc1.CC(C)Cc1ccc2ncccc2c1. The van der Waals surface area contributed by atoms with Gasteiger partial charge in [-0.2, -0.15) is 0 Å². The van der Waals surface area contributed by atoms with Crippen LogP contribution in [0.3, 0.4) is 0 Å².